The van der Waals surface area contributed by atoms with E-state index < -0.39 is 11.6 Å². The Kier molecular flexibility index (Phi) is 4.24. The van der Waals surface area contributed by atoms with Crippen LogP contribution < -0.4 is 5.32 Å². The third-order valence-electron chi connectivity index (χ3n) is 4.10. The Morgan fingerprint density at radius 2 is 1.95 bits per heavy atom. The van der Waals surface area contributed by atoms with Crippen LogP contribution in [0, 0.1) is 28.4 Å². The van der Waals surface area contributed by atoms with Crippen LogP contribution in [0.5, 0.6) is 0 Å². The lowest BCUT2D eigenvalue weighted by Crippen LogP contribution is -2.40. The molecule has 0 atom stereocenters. The summed E-state index contributed by atoms with van der Waals surface area (Å²) in [5, 5.41) is 11.6. The highest BCUT2D eigenvalue weighted by molar-refractivity contribution is 5.49. The van der Waals surface area contributed by atoms with Gasteiger partial charge in [-0.1, -0.05) is 6.92 Å². The summed E-state index contributed by atoms with van der Waals surface area (Å²) in [6, 6.07) is 4.36. The van der Waals surface area contributed by atoms with Crippen molar-refractivity contribution in [3.63, 3.8) is 0 Å². The first-order valence-electron chi connectivity index (χ1n) is 6.76. The molecule has 1 aromatic carbocycles. The molecule has 1 aromatic rings. The monoisotopic (exact) mass is 279 g/mol. The van der Waals surface area contributed by atoms with Crippen molar-refractivity contribution in [3.8, 4) is 6.07 Å². The third kappa shape index (κ3) is 3.07. The van der Waals surface area contributed by atoms with Crippen molar-refractivity contribution in [2.45, 2.75) is 19.8 Å². The van der Waals surface area contributed by atoms with Crippen LogP contribution in [-0.2, 0) is 0 Å². The zero-order valence-corrected chi connectivity index (χ0v) is 11.8. The predicted octanol–water partition coefficient (Wildman–Crippen LogP) is 2.98. The van der Waals surface area contributed by atoms with Crippen molar-refractivity contribution in [2.75, 3.05) is 32.0 Å². The minimum atomic E-state index is -1.08. The first kappa shape index (κ1) is 14.7. The van der Waals surface area contributed by atoms with Gasteiger partial charge in [-0.3, -0.25) is 0 Å². The fourth-order valence-electron chi connectivity index (χ4n) is 2.42. The maximum absolute atomic E-state index is 13.8. The van der Waals surface area contributed by atoms with Gasteiger partial charge in [0.1, 0.15) is 6.07 Å². The van der Waals surface area contributed by atoms with Gasteiger partial charge in [0.05, 0.1) is 11.3 Å². The molecule has 1 heterocycles. The smallest absolute Gasteiger partial charge is 0.183 e. The van der Waals surface area contributed by atoms with E-state index in [0.29, 0.717) is 6.54 Å². The first-order chi connectivity index (χ1) is 9.45. The molecule has 1 saturated heterocycles. The lowest BCUT2D eigenvalue weighted by molar-refractivity contribution is 0.150. The van der Waals surface area contributed by atoms with Crippen molar-refractivity contribution in [2.24, 2.45) is 5.41 Å². The molecule has 0 spiro atoms. The zero-order chi connectivity index (χ0) is 14.8. The van der Waals surface area contributed by atoms with E-state index in [2.05, 4.69) is 24.2 Å². The zero-order valence-electron chi connectivity index (χ0n) is 11.8. The minimum absolute atomic E-state index is 0.0866. The summed E-state index contributed by atoms with van der Waals surface area (Å²) in [5.74, 6) is -2.05. The van der Waals surface area contributed by atoms with Gasteiger partial charge in [-0.15, -0.1) is 0 Å². The molecule has 0 saturated carbocycles. The van der Waals surface area contributed by atoms with Crippen LogP contribution in [0.1, 0.15) is 25.3 Å². The number of likely N-dealkylation sites (tertiary alicyclic amines) is 1. The van der Waals surface area contributed by atoms with Gasteiger partial charge in [0.25, 0.3) is 0 Å². The number of hydrogen-bond acceptors (Lipinski definition) is 3. The number of nitrogens with zero attached hydrogens (tertiary/aromatic N) is 2. The third-order valence-corrected chi connectivity index (χ3v) is 4.10. The number of hydrogen-bond donors (Lipinski definition) is 1. The number of nitriles is 1. The van der Waals surface area contributed by atoms with Gasteiger partial charge < -0.3 is 10.2 Å². The van der Waals surface area contributed by atoms with Gasteiger partial charge in [0.15, 0.2) is 11.6 Å². The number of anilines is 1. The van der Waals surface area contributed by atoms with Gasteiger partial charge in [0, 0.05) is 6.54 Å². The molecule has 0 unspecified atom stereocenters. The molecule has 0 amide bonds. The Bertz CT molecular complexity index is 529. The van der Waals surface area contributed by atoms with Crippen LogP contribution in [0.15, 0.2) is 12.1 Å². The number of rotatable bonds is 3. The van der Waals surface area contributed by atoms with E-state index in [1.807, 2.05) is 0 Å². The lowest BCUT2D eigenvalue weighted by atomic mass is 9.80. The van der Waals surface area contributed by atoms with Crippen molar-refractivity contribution in [1.82, 2.24) is 4.90 Å². The minimum Gasteiger partial charge on any atom is -0.382 e. The van der Waals surface area contributed by atoms with Crippen molar-refractivity contribution in [1.29, 1.82) is 5.26 Å². The second kappa shape index (κ2) is 5.76. The molecular weight excluding hydrogens is 260 g/mol. The van der Waals surface area contributed by atoms with Crippen molar-refractivity contribution < 1.29 is 8.78 Å². The van der Waals surface area contributed by atoms with Crippen LogP contribution in [0.3, 0.4) is 0 Å². The van der Waals surface area contributed by atoms with E-state index in [0.717, 1.165) is 25.9 Å². The molecule has 1 aliphatic heterocycles. The maximum atomic E-state index is 13.8. The number of benzene rings is 1. The molecule has 1 aliphatic rings. The van der Waals surface area contributed by atoms with Crippen LogP contribution in [-0.4, -0.2) is 31.6 Å². The van der Waals surface area contributed by atoms with E-state index in [1.165, 1.54) is 12.1 Å². The Balaban J connectivity index is 2.05. The van der Waals surface area contributed by atoms with E-state index in [-0.39, 0.29) is 16.7 Å². The molecule has 0 bridgehead atoms. The van der Waals surface area contributed by atoms with Crippen LogP contribution in [0.4, 0.5) is 14.5 Å². The molecule has 1 N–H and O–H groups in total. The van der Waals surface area contributed by atoms with Gasteiger partial charge in [0.2, 0.25) is 0 Å². The molecule has 1 fully saturated rings. The van der Waals surface area contributed by atoms with Gasteiger partial charge in [-0.05, 0) is 50.5 Å². The summed E-state index contributed by atoms with van der Waals surface area (Å²) in [4.78, 5) is 2.27. The quantitative estimate of drug-likeness (QED) is 0.924. The number of piperidine rings is 1. The first-order valence-corrected chi connectivity index (χ1v) is 6.76. The molecule has 0 radical (unpaired) electrons. The second-order valence-electron chi connectivity index (χ2n) is 5.87. The topological polar surface area (TPSA) is 39.1 Å². The average Bonchev–Trinajstić information content (AvgIpc) is 2.44. The van der Waals surface area contributed by atoms with Crippen molar-refractivity contribution >= 4 is 5.69 Å². The predicted molar refractivity (Wildman–Crippen MR) is 74.4 cm³/mol. The van der Waals surface area contributed by atoms with Gasteiger partial charge >= 0.3 is 0 Å². The fraction of sp³-hybridized carbons (Fsp3) is 0.533. The van der Waals surface area contributed by atoms with E-state index >= 15 is 0 Å². The van der Waals surface area contributed by atoms with Crippen LogP contribution in [0.2, 0.25) is 0 Å². The van der Waals surface area contributed by atoms with Crippen LogP contribution >= 0.6 is 0 Å². The summed E-state index contributed by atoms with van der Waals surface area (Å²) in [5.41, 5.74) is -0.0521. The van der Waals surface area contributed by atoms with E-state index in [9.17, 15) is 8.78 Å². The largest absolute Gasteiger partial charge is 0.382 e. The molecule has 5 heteroatoms. The number of halogens is 2. The Hall–Kier alpha value is -1.67. The molecule has 20 heavy (non-hydrogen) atoms. The Morgan fingerprint density at radius 1 is 1.30 bits per heavy atom. The molecular formula is C15H19F2N3. The lowest BCUT2D eigenvalue weighted by Gasteiger charge is -2.38. The summed E-state index contributed by atoms with van der Waals surface area (Å²) >= 11 is 0. The van der Waals surface area contributed by atoms with Crippen LogP contribution in [0.25, 0.3) is 0 Å². The van der Waals surface area contributed by atoms with Gasteiger partial charge in [-0.25, -0.2) is 8.78 Å². The maximum Gasteiger partial charge on any atom is 0.183 e. The average molecular weight is 279 g/mol. The summed E-state index contributed by atoms with van der Waals surface area (Å²) in [7, 11) is 2.09. The summed E-state index contributed by atoms with van der Waals surface area (Å²) in [6.07, 6.45) is 2.05. The highest BCUT2D eigenvalue weighted by Gasteiger charge is 2.29. The molecule has 2 rings (SSSR count). The number of nitrogens with one attached hydrogen (secondary N) is 1. The Morgan fingerprint density at radius 3 is 2.55 bits per heavy atom. The highest BCUT2D eigenvalue weighted by atomic mass is 19.2. The SMILES string of the molecule is CN1CCC(C)(CNc2ccc(C#N)c(F)c2F)CC1. The molecule has 0 aliphatic carbocycles. The molecule has 3 nitrogen and oxygen atoms in total. The van der Waals surface area contributed by atoms with E-state index in [1.54, 1.807) is 6.07 Å². The standard InChI is InChI=1S/C15H19F2N3/c1-15(5-7-20(2)8-6-15)10-19-12-4-3-11(9-18)13(16)14(12)17/h3-4,19H,5-8,10H2,1-2H3. The fourth-order valence-corrected chi connectivity index (χ4v) is 2.42. The Labute approximate surface area is 118 Å². The van der Waals surface area contributed by atoms with Crippen molar-refractivity contribution in [3.05, 3.63) is 29.3 Å². The normalized spacial score (nSPS) is 18.6. The molecule has 108 valence electrons. The second-order valence-corrected chi connectivity index (χ2v) is 5.87. The molecule has 0 aromatic heterocycles. The summed E-state index contributed by atoms with van der Waals surface area (Å²) < 4.78 is 27.3. The summed E-state index contributed by atoms with van der Waals surface area (Å²) in [6.45, 7) is 4.79. The highest BCUT2D eigenvalue weighted by Crippen LogP contribution is 2.31. The van der Waals surface area contributed by atoms with Gasteiger partial charge in [-0.2, -0.15) is 5.26 Å². The van der Waals surface area contributed by atoms with E-state index in [4.69, 9.17) is 5.26 Å².